The maximum atomic E-state index is 11.3. The van der Waals surface area contributed by atoms with E-state index in [0.717, 1.165) is 6.42 Å². The molecule has 0 spiro atoms. The van der Waals surface area contributed by atoms with Gasteiger partial charge < -0.3 is 0 Å². The van der Waals surface area contributed by atoms with Crippen molar-refractivity contribution >= 4 is 5.78 Å². The minimum Gasteiger partial charge on any atom is -0.299 e. The summed E-state index contributed by atoms with van der Waals surface area (Å²) < 4.78 is 0. The number of Topliss-reactive ketones (excluding diaryl/α,β-unsaturated/α-hetero) is 1. The molecule has 66 valence electrons. The molecule has 1 nitrogen and oxygen atoms in total. The minimum atomic E-state index is -0.160. The molecule has 0 saturated heterocycles. The molecule has 0 aliphatic heterocycles. The summed E-state index contributed by atoms with van der Waals surface area (Å²) in [5, 5.41) is 0. The van der Waals surface area contributed by atoms with Crippen LogP contribution >= 0.6 is 0 Å². The van der Waals surface area contributed by atoms with Gasteiger partial charge in [-0.15, -0.1) is 0 Å². The molecule has 0 radical (unpaired) electrons. The number of hydrogen-bond donors (Lipinski definition) is 0. The number of rotatable bonds is 2. The molecule has 1 unspecified atom stereocenters. The highest BCUT2D eigenvalue weighted by molar-refractivity contribution is 5.82. The Morgan fingerprint density at radius 2 is 1.55 bits per heavy atom. The molecule has 1 heteroatoms. The Kier molecular flexibility index (Phi) is 2.87. The van der Waals surface area contributed by atoms with Gasteiger partial charge >= 0.3 is 0 Å². The first kappa shape index (κ1) is 10.7. The zero-order chi connectivity index (χ0) is 9.28. The minimum absolute atomic E-state index is 0.0770. The zero-order valence-electron chi connectivity index (χ0n) is 8.62. The fraction of sp³-hybridized carbons (Fsp3) is 0.900. The molecule has 0 aliphatic rings. The second-order valence-electron chi connectivity index (χ2n) is 4.49. The predicted molar refractivity (Wildman–Crippen MR) is 48.5 cm³/mol. The highest BCUT2D eigenvalue weighted by atomic mass is 16.1. The van der Waals surface area contributed by atoms with Gasteiger partial charge in [0, 0.05) is 5.41 Å². The van der Waals surface area contributed by atoms with E-state index in [4.69, 9.17) is 0 Å². The Bertz CT molecular complexity index is 153. The lowest BCUT2D eigenvalue weighted by Gasteiger charge is -2.39. The smallest absolute Gasteiger partial charge is 0.136 e. The van der Waals surface area contributed by atoms with Crippen molar-refractivity contribution in [1.82, 2.24) is 0 Å². The van der Waals surface area contributed by atoms with Crippen molar-refractivity contribution in [1.29, 1.82) is 0 Å². The normalized spacial score (nSPS) is 17.6. The van der Waals surface area contributed by atoms with Gasteiger partial charge in [-0.25, -0.2) is 0 Å². The summed E-state index contributed by atoms with van der Waals surface area (Å²) >= 11 is 0. The van der Waals surface area contributed by atoms with Crippen LogP contribution in [0.1, 0.15) is 48.0 Å². The average Bonchev–Trinajstić information content (AvgIpc) is 1.83. The van der Waals surface area contributed by atoms with Crippen molar-refractivity contribution < 1.29 is 4.79 Å². The van der Waals surface area contributed by atoms with Crippen LogP contribution in [0.2, 0.25) is 0 Å². The van der Waals surface area contributed by atoms with Gasteiger partial charge in [0.05, 0.1) is 0 Å². The van der Waals surface area contributed by atoms with E-state index in [2.05, 4.69) is 34.6 Å². The Balaban J connectivity index is 4.75. The van der Waals surface area contributed by atoms with Gasteiger partial charge in [0.1, 0.15) is 5.78 Å². The highest BCUT2D eigenvalue weighted by Crippen LogP contribution is 2.41. The molecule has 0 aliphatic carbocycles. The Hall–Kier alpha value is -0.330. The van der Waals surface area contributed by atoms with Crippen LogP contribution in [-0.2, 0) is 4.79 Å². The maximum Gasteiger partial charge on any atom is 0.136 e. The summed E-state index contributed by atoms with van der Waals surface area (Å²) in [6.07, 6.45) is 0.922. The molecule has 0 rings (SSSR count). The predicted octanol–water partition coefficient (Wildman–Crippen LogP) is 3.04. The fourth-order valence-electron chi connectivity index (χ4n) is 1.31. The van der Waals surface area contributed by atoms with E-state index in [1.54, 1.807) is 6.92 Å². The largest absolute Gasteiger partial charge is 0.299 e. The second-order valence-corrected chi connectivity index (χ2v) is 4.49. The molecule has 0 heterocycles. The Morgan fingerprint density at radius 3 is 1.55 bits per heavy atom. The quantitative estimate of drug-likeness (QED) is 0.600. The van der Waals surface area contributed by atoms with Crippen LogP contribution in [0.3, 0.4) is 0 Å². The molecule has 0 amide bonds. The van der Waals surface area contributed by atoms with Crippen LogP contribution in [0.15, 0.2) is 0 Å². The van der Waals surface area contributed by atoms with Crippen molar-refractivity contribution in [2.75, 3.05) is 0 Å². The molecule has 0 aromatic heterocycles. The lowest BCUT2D eigenvalue weighted by Crippen LogP contribution is -2.38. The van der Waals surface area contributed by atoms with E-state index in [0.29, 0.717) is 5.78 Å². The average molecular weight is 156 g/mol. The van der Waals surface area contributed by atoms with Gasteiger partial charge in [-0.3, -0.25) is 4.79 Å². The van der Waals surface area contributed by atoms with Gasteiger partial charge in [-0.05, 0) is 18.8 Å². The van der Waals surface area contributed by atoms with E-state index < -0.39 is 0 Å². The molecular weight excluding hydrogens is 136 g/mol. The van der Waals surface area contributed by atoms with Crippen LogP contribution in [0, 0.1) is 10.8 Å². The monoisotopic (exact) mass is 156 g/mol. The van der Waals surface area contributed by atoms with Crippen LogP contribution in [-0.4, -0.2) is 5.78 Å². The number of hydrogen-bond acceptors (Lipinski definition) is 1. The molecule has 0 bridgehead atoms. The lowest BCUT2D eigenvalue weighted by atomic mass is 9.64. The van der Waals surface area contributed by atoms with Crippen molar-refractivity contribution in [3.05, 3.63) is 0 Å². The van der Waals surface area contributed by atoms with Crippen molar-refractivity contribution in [3.63, 3.8) is 0 Å². The van der Waals surface area contributed by atoms with Crippen molar-refractivity contribution in [2.24, 2.45) is 10.8 Å². The highest BCUT2D eigenvalue weighted by Gasteiger charge is 2.39. The third-order valence-electron chi connectivity index (χ3n) is 3.14. The molecule has 11 heavy (non-hydrogen) atoms. The summed E-state index contributed by atoms with van der Waals surface area (Å²) in [6.45, 7) is 12.2. The number of carbonyl (C=O) groups is 1. The SMILES string of the molecule is CCC(C)(C(C)=O)C(C)(C)C. The standard InChI is InChI=1S/C10H20O/c1-7-10(6,8(2)11)9(3,4)5/h7H2,1-6H3. The lowest BCUT2D eigenvalue weighted by molar-refractivity contribution is -0.131. The van der Waals surface area contributed by atoms with E-state index >= 15 is 0 Å². The van der Waals surface area contributed by atoms with Gasteiger partial charge in [0.2, 0.25) is 0 Å². The first-order valence-corrected chi connectivity index (χ1v) is 4.26. The topological polar surface area (TPSA) is 17.1 Å². The number of ketones is 1. The molecule has 1 atom stereocenters. The molecule has 0 N–H and O–H groups in total. The van der Waals surface area contributed by atoms with E-state index in [1.807, 2.05) is 0 Å². The van der Waals surface area contributed by atoms with Gasteiger partial charge in [-0.2, -0.15) is 0 Å². The van der Waals surface area contributed by atoms with Gasteiger partial charge in [-0.1, -0.05) is 34.6 Å². The van der Waals surface area contributed by atoms with Crippen molar-refractivity contribution in [3.8, 4) is 0 Å². The molecular formula is C10H20O. The van der Waals surface area contributed by atoms with E-state index in [-0.39, 0.29) is 10.8 Å². The summed E-state index contributed by atoms with van der Waals surface area (Å²) in [5.74, 6) is 0.299. The van der Waals surface area contributed by atoms with Crippen molar-refractivity contribution in [2.45, 2.75) is 48.0 Å². The summed E-state index contributed by atoms with van der Waals surface area (Å²) in [4.78, 5) is 11.3. The zero-order valence-corrected chi connectivity index (χ0v) is 8.62. The summed E-state index contributed by atoms with van der Waals surface area (Å²) in [5.41, 5.74) is -0.0828. The molecule has 0 saturated carbocycles. The fourth-order valence-corrected chi connectivity index (χ4v) is 1.31. The maximum absolute atomic E-state index is 11.3. The first-order chi connectivity index (χ1) is 4.75. The third kappa shape index (κ3) is 1.82. The van der Waals surface area contributed by atoms with Crippen LogP contribution < -0.4 is 0 Å². The van der Waals surface area contributed by atoms with Crippen LogP contribution in [0.4, 0.5) is 0 Å². The summed E-state index contributed by atoms with van der Waals surface area (Å²) in [6, 6.07) is 0. The van der Waals surface area contributed by atoms with E-state index in [1.165, 1.54) is 0 Å². The Morgan fingerprint density at radius 1 is 1.18 bits per heavy atom. The van der Waals surface area contributed by atoms with E-state index in [9.17, 15) is 4.79 Å². The molecule has 0 aromatic carbocycles. The van der Waals surface area contributed by atoms with Gasteiger partial charge in [0.25, 0.3) is 0 Å². The second kappa shape index (κ2) is 2.96. The van der Waals surface area contributed by atoms with Gasteiger partial charge in [0.15, 0.2) is 0 Å². The third-order valence-corrected chi connectivity index (χ3v) is 3.14. The first-order valence-electron chi connectivity index (χ1n) is 4.26. The molecule has 0 aromatic rings. The Labute approximate surface area is 70.2 Å². The number of carbonyl (C=O) groups excluding carboxylic acids is 1. The van der Waals surface area contributed by atoms with Crippen LogP contribution in [0.5, 0.6) is 0 Å². The summed E-state index contributed by atoms with van der Waals surface area (Å²) in [7, 11) is 0. The molecule has 0 fully saturated rings. The van der Waals surface area contributed by atoms with Crippen LogP contribution in [0.25, 0.3) is 0 Å².